The SMILES string of the molecule is O=C(O)CCc1cccc(N2CCN(C(=O)c3cccc4ccccc34)CC2)c1. The first kappa shape index (κ1) is 19.0. The van der Waals surface area contributed by atoms with Crippen molar-refractivity contribution in [2.75, 3.05) is 31.1 Å². The number of piperazine rings is 1. The van der Waals surface area contributed by atoms with E-state index in [1.54, 1.807) is 0 Å². The van der Waals surface area contributed by atoms with Crippen molar-refractivity contribution in [1.29, 1.82) is 0 Å². The summed E-state index contributed by atoms with van der Waals surface area (Å²) in [6.07, 6.45) is 0.666. The lowest BCUT2D eigenvalue weighted by Crippen LogP contribution is -2.48. The molecule has 4 rings (SSSR count). The van der Waals surface area contributed by atoms with Gasteiger partial charge in [-0.15, -0.1) is 0 Å². The van der Waals surface area contributed by atoms with Crippen LogP contribution in [0.1, 0.15) is 22.3 Å². The first-order valence-electron chi connectivity index (χ1n) is 9.94. The van der Waals surface area contributed by atoms with Crippen molar-refractivity contribution in [2.24, 2.45) is 0 Å². The fourth-order valence-electron chi connectivity index (χ4n) is 3.91. The predicted octanol–water partition coefficient (Wildman–Crippen LogP) is 3.82. The third kappa shape index (κ3) is 4.24. The number of aliphatic carboxylic acids is 1. The molecule has 0 aliphatic carbocycles. The van der Waals surface area contributed by atoms with Gasteiger partial charge in [0, 0.05) is 43.9 Å². The molecule has 1 amide bonds. The lowest BCUT2D eigenvalue weighted by atomic mass is 10.0. The van der Waals surface area contributed by atoms with Crippen LogP contribution in [0.25, 0.3) is 10.8 Å². The molecule has 1 saturated heterocycles. The largest absolute Gasteiger partial charge is 0.481 e. The molecule has 0 radical (unpaired) electrons. The van der Waals surface area contributed by atoms with Crippen LogP contribution in [0.4, 0.5) is 5.69 Å². The summed E-state index contributed by atoms with van der Waals surface area (Å²) in [7, 11) is 0. The maximum atomic E-state index is 13.1. The van der Waals surface area contributed by atoms with E-state index in [2.05, 4.69) is 11.0 Å². The van der Waals surface area contributed by atoms with Gasteiger partial charge in [-0.3, -0.25) is 9.59 Å². The first-order chi connectivity index (χ1) is 14.1. The van der Waals surface area contributed by atoms with Crippen LogP contribution in [0.5, 0.6) is 0 Å². The van der Waals surface area contributed by atoms with E-state index in [0.717, 1.165) is 40.7 Å². The number of nitrogens with zero attached hydrogens (tertiary/aromatic N) is 2. The van der Waals surface area contributed by atoms with Crippen LogP contribution in [0.3, 0.4) is 0 Å². The molecule has 0 aromatic heterocycles. The van der Waals surface area contributed by atoms with E-state index in [-0.39, 0.29) is 12.3 Å². The maximum Gasteiger partial charge on any atom is 0.303 e. The van der Waals surface area contributed by atoms with Gasteiger partial charge in [-0.1, -0.05) is 48.5 Å². The van der Waals surface area contributed by atoms with E-state index in [4.69, 9.17) is 5.11 Å². The molecule has 0 spiro atoms. The van der Waals surface area contributed by atoms with E-state index >= 15 is 0 Å². The second-order valence-corrected chi connectivity index (χ2v) is 7.37. The zero-order valence-electron chi connectivity index (χ0n) is 16.3. The van der Waals surface area contributed by atoms with Crippen LogP contribution in [-0.4, -0.2) is 48.1 Å². The van der Waals surface area contributed by atoms with Gasteiger partial charge in [-0.05, 0) is 41.0 Å². The minimum atomic E-state index is -0.782. The van der Waals surface area contributed by atoms with E-state index < -0.39 is 5.97 Å². The number of aryl methyl sites for hydroxylation is 1. The van der Waals surface area contributed by atoms with Gasteiger partial charge in [0.1, 0.15) is 0 Å². The Bertz CT molecular complexity index is 1030. The highest BCUT2D eigenvalue weighted by Gasteiger charge is 2.23. The number of carboxylic acid groups (broad SMARTS) is 1. The molecule has 148 valence electrons. The third-order valence-electron chi connectivity index (χ3n) is 5.49. The Morgan fingerprint density at radius 1 is 0.862 bits per heavy atom. The molecule has 1 N–H and O–H groups in total. The number of benzene rings is 3. The Labute approximate surface area is 170 Å². The van der Waals surface area contributed by atoms with Gasteiger partial charge < -0.3 is 14.9 Å². The summed E-state index contributed by atoms with van der Waals surface area (Å²) in [6.45, 7) is 2.86. The van der Waals surface area contributed by atoms with Crippen LogP contribution in [0, 0.1) is 0 Å². The van der Waals surface area contributed by atoms with E-state index in [9.17, 15) is 9.59 Å². The zero-order valence-corrected chi connectivity index (χ0v) is 16.3. The van der Waals surface area contributed by atoms with Crippen LogP contribution in [0.2, 0.25) is 0 Å². The number of fused-ring (bicyclic) bond motifs is 1. The van der Waals surface area contributed by atoms with Gasteiger partial charge in [0.05, 0.1) is 0 Å². The molecular weight excluding hydrogens is 364 g/mol. The molecule has 1 aliphatic rings. The Morgan fingerprint density at radius 3 is 2.38 bits per heavy atom. The minimum Gasteiger partial charge on any atom is -0.481 e. The average molecular weight is 388 g/mol. The Hall–Kier alpha value is -3.34. The zero-order chi connectivity index (χ0) is 20.2. The third-order valence-corrected chi connectivity index (χ3v) is 5.49. The number of rotatable bonds is 5. The van der Waals surface area contributed by atoms with E-state index in [1.165, 1.54) is 0 Å². The summed E-state index contributed by atoms with van der Waals surface area (Å²) < 4.78 is 0. The van der Waals surface area contributed by atoms with Gasteiger partial charge in [-0.25, -0.2) is 0 Å². The van der Waals surface area contributed by atoms with E-state index in [0.29, 0.717) is 19.5 Å². The molecule has 0 saturated carbocycles. The summed E-state index contributed by atoms with van der Waals surface area (Å²) in [5, 5.41) is 11.0. The Morgan fingerprint density at radius 2 is 1.59 bits per heavy atom. The molecule has 0 atom stereocenters. The van der Waals surface area contributed by atoms with Gasteiger partial charge in [0.2, 0.25) is 0 Å². The van der Waals surface area contributed by atoms with Gasteiger partial charge in [-0.2, -0.15) is 0 Å². The number of carbonyl (C=O) groups excluding carboxylic acids is 1. The van der Waals surface area contributed by atoms with Crippen LogP contribution < -0.4 is 4.90 Å². The maximum absolute atomic E-state index is 13.1. The molecule has 3 aromatic rings. The highest BCUT2D eigenvalue weighted by Crippen LogP contribution is 2.23. The van der Waals surface area contributed by atoms with Gasteiger partial charge in [0.15, 0.2) is 0 Å². The van der Waals surface area contributed by atoms with Crippen LogP contribution >= 0.6 is 0 Å². The molecule has 1 heterocycles. The summed E-state index contributed by atoms with van der Waals surface area (Å²) in [5.41, 5.74) is 2.87. The molecule has 5 nitrogen and oxygen atoms in total. The predicted molar refractivity (Wildman–Crippen MR) is 114 cm³/mol. The van der Waals surface area contributed by atoms with Crippen LogP contribution in [0.15, 0.2) is 66.7 Å². The second-order valence-electron chi connectivity index (χ2n) is 7.37. The average Bonchev–Trinajstić information content (AvgIpc) is 2.77. The fourth-order valence-corrected chi connectivity index (χ4v) is 3.91. The second kappa shape index (κ2) is 8.35. The number of hydrogen-bond acceptors (Lipinski definition) is 3. The highest BCUT2D eigenvalue weighted by molar-refractivity contribution is 6.07. The standard InChI is InChI=1S/C24H24N2O3/c27-23(28)12-11-18-5-3-8-20(17-18)25-13-15-26(16-14-25)24(29)22-10-4-7-19-6-1-2-9-21(19)22/h1-10,17H,11-16H2,(H,27,28). The molecule has 0 unspecified atom stereocenters. The molecule has 5 heteroatoms. The molecule has 1 fully saturated rings. The monoisotopic (exact) mass is 388 g/mol. The summed E-state index contributed by atoms with van der Waals surface area (Å²) in [4.78, 5) is 28.1. The smallest absolute Gasteiger partial charge is 0.303 e. The molecule has 1 aliphatic heterocycles. The van der Waals surface area contributed by atoms with Crippen molar-refractivity contribution in [2.45, 2.75) is 12.8 Å². The van der Waals surface area contributed by atoms with Gasteiger partial charge >= 0.3 is 5.97 Å². The quantitative estimate of drug-likeness (QED) is 0.722. The Kier molecular flexibility index (Phi) is 5.47. The highest BCUT2D eigenvalue weighted by atomic mass is 16.4. The van der Waals surface area contributed by atoms with Crippen molar-refractivity contribution in [3.05, 3.63) is 77.9 Å². The number of hydrogen-bond donors (Lipinski definition) is 1. The number of carbonyl (C=O) groups is 2. The topological polar surface area (TPSA) is 60.9 Å². The summed E-state index contributed by atoms with van der Waals surface area (Å²) in [6, 6.07) is 21.9. The van der Waals surface area contributed by atoms with Crippen molar-refractivity contribution in [3.8, 4) is 0 Å². The lowest BCUT2D eigenvalue weighted by molar-refractivity contribution is -0.136. The number of carboxylic acids is 1. The van der Waals surface area contributed by atoms with E-state index in [1.807, 2.05) is 65.6 Å². The molecule has 29 heavy (non-hydrogen) atoms. The summed E-state index contributed by atoms with van der Waals surface area (Å²) >= 11 is 0. The fraction of sp³-hybridized carbons (Fsp3) is 0.250. The van der Waals surface area contributed by atoms with Crippen molar-refractivity contribution in [3.63, 3.8) is 0 Å². The number of amides is 1. The Balaban J connectivity index is 1.43. The number of anilines is 1. The van der Waals surface area contributed by atoms with Crippen molar-refractivity contribution in [1.82, 2.24) is 4.90 Å². The molecule has 3 aromatic carbocycles. The van der Waals surface area contributed by atoms with Crippen molar-refractivity contribution >= 4 is 28.3 Å². The minimum absolute atomic E-state index is 0.0802. The van der Waals surface area contributed by atoms with Gasteiger partial charge in [0.25, 0.3) is 5.91 Å². The molecule has 0 bridgehead atoms. The lowest BCUT2D eigenvalue weighted by Gasteiger charge is -2.36. The molecular formula is C24H24N2O3. The normalized spacial score (nSPS) is 14.2. The van der Waals surface area contributed by atoms with Crippen LogP contribution in [-0.2, 0) is 11.2 Å². The van der Waals surface area contributed by atoms with Crippen molar-refractivity contribution < 1.29 is 14.7 Å². The summed E-state index contributed by atoms with van der Waals surface area (Å²) in [5.74, 6) is -0.701. The first-order valence-corrected chi connectivity index (χ1v) is 9.94.